The highest BCUT2D eigenvalue weighted by atomic mass is 127. The van der Waals surface area contributed by atoms with E-state index in [-0.39, 0.29) is 18.0 Å². The van der Waals surface area contributed by atoms with Gasteiger partial charge in [-0.2, -0.15) is 0 Å². The number of halogens is 2. The molecule has 0 saturated heterocycles. The number of rotatable bonds is 3. The van der Waals surface area contributed by atoms with Gasteiger partial charge >= 0.3 is 0 Å². The molecule has 3 nitrogen and oxygen atoms in total. The maximum Gasteiger partial charge on any atom is 0.274 e. The van der Waals surface area contributed by atoms with Gasteiger partial charge in [-0.25, -0.2) is 4.98 Å². The predicted molar refractivity (Wildman–Crippen MR) is 78.4 cm³/mol. The molecular weight excluding hydrogens is 351 g/mol. The van der Waals surface area contributed by atoms with Gasteiger partial charge in [0.25, 0.3) is 5.91 Å². The average Bonchev–Trinajstić information content (AvgIpc) is 2.20. The first-order valence-electron chi connectivity index (χ1n) is 5.49. The van der Waals surface area contributed by atoms with E-state index < -0.39 is 0 Å². The Kier molecular flexibility index (Phi) is 5.19. The fraction of sp³-hybridized carbons (Fsp3) is 0.500. The summed E-state index contributed by atoms with van der Waals surface area (Å²) in [7, 11) is 0. The maximum atomic E-state index is 12.4. The summed E-state index contributed by atoms with van der Waals surface area (Å²) in [5, 5.41) is 0.566. The van der Waals surface area contributed by atoms with Crippen molar-refractivity contribution in [3.05, 3.63) is 26.5 Å². The van der Waals surface area contributed by atoms with Gasteiger partial charge in [0.2, 0.25) is 0 Å². The number of nitrogens with zero attached hydrogens (tertiary/aromatic N) is 2. The zero-order chi connectivity index (χ0) is 13.2. The van der Waals surface area contributed by atoms with Crippen molar-refractivity contribution in [1.82, 2.24) is 9.88 Å². The van der Waals surface area contributed by atoms with Gasteiger partial charge in [-0.05, 0) is 56.4 Å². The molecule has 94 valence electrons. The maximum absolute atomic E-state index is 12.4. The standard InChI is InChI=1S/C12H16ClIN2O/c1-7(2)16(8(3)4)12(17)11-10(14)9(13)5-6-15-11/h5-8H,1-4H3. The molecule has 0 fully saturated rings. The zero-order valence-electron chi connectivity index (χ0n) is 10.4. The molecule has 0 aliphatic heterocycles. The first-order valence-corrected chi connectivity index (χ1v) is 6.94. The van der Waals surface area contributed by atoms with E-state index in [1.165, 1.54) is 0 Å². The van der Waals surface area contributed by atoms with Crippen LogP contribution in [0, 0.1) is 3.57 Å². The van der Waals surface area contributed by atoms with Crippen molar-refractivity contribution in [2.45, 2.75) is 39.8 Å². The molecule has 0 N–H and O–H groups in total. The molecule has 0 bridgehead atoms. The Labute approximate surface area is 121 Å². The molecule has 0 aliphatic carbocycles. The van der Waals surface area contributed by atoms with Crippen LogP contribution in [0.3, 0.4) is 0 Å². The van der Waals surface area contributed by atoms with Gasteiger partial charge in [0.1, 0.15) is 5.69 Å². The minimum atomic E-state index is -0.0677. The van der Waals surface area contributed by atoms with Gasteiger partial charge in [-0.15, -0.1) is 0 Å². The van der Waals surface area contributed by atoms with Crippen LogP contribution in [-0.4, -0.2) is 27.9 Å². The number of carbonyl (C=O) groups is 1. The summed E-state index contributed by atoms with van der Waals surface area (Å²) >= 11 is 8.06. The minimum Gasteiger partial charge on any atom is -0.332 e. The summed E-state index contributed by atoms with van der Waals surface area (Å²) in [4.78, 5) is 18.3. The third-order valence-corrected chi connectivity index (χ3v) is 4.12. The highest BCUT2D eigenvalue weighted by Crippen LogP contribution is 2.22. The van der Waals surface area contributed by atoms with E-state index in [0.717, 1.165) is 0 Å². The van der Waals surface area contributed by atoms with E-state index >= 15 is 0 Å². The second-order valence-electron chi connectivity index (χ2n) is 4.36. The molecule has 0 atom stereocenters. The monoisotopic (exact) mass is 366 g/mol. The molecule has 0 saturated carbocycles. The Morgan fingerprint density at radius 2 is 1.88 bits per heavy atom. The van der Waals surface area contributed by atoms with E-state index in [4.69, 9.17) is 11.6 Å². The van der Waals surface area contributed by atoms with Crippen LogP contribution < -0.4 is 0 Å². The van der Waals surface area contributed by atoms with E-state index in [1.54, 1.807) is 17.2 Å². The average molecular weight is 367 g/mol. The fourth-order valence-corrected chi connectivity index (χ4v) is 2.45. The minimum absolute atomic E-state index is 0.0677. The number of amides is 1. The Morgan fingerprint density at radius 1 is 1.35 bits per heavy atom. The molecule has 1 amide bonds. The van der Waals surface area contributed by atoms with Crippen molar-refractivity contribution in [2.24, 2.45) is 0 Å². The lowest BCUT2D eigenvalue weighted by atomic mass is 10.2. The molecule has 1 aromatic rings. The normalized spacial score (nSPS) is 11.1. The highest BCUT2D eigenvalue weighted by molar-refractivity contribution is 14.1. The van der Waals surface area contributed by atoms with Gasteiger partial charge in [-0.1, -0.05) is 11.6 Å². The van der Waals surface area contributed by atoms with Gasteiger partial charge in [-0.3, -0.25) is 4.79 Å². The molecule has 5 heteroatoms. The Hall–Kier alpha value is -0.360. The van der Waals surface area contributed by atoms with Crippen molar-refractivity contribution < 1.29 is 4.79 Å². The summed E-state index contributed by atoms with van der Waals surface area (Å²) in [6.45, 7) is 7.98. The molecular formula is C12H16ClIN2O. The second-order valence-corrected chi connectivity index (χ2v) is 5.84. The summed E-state index contributed by atoms with van der Waals surface area (Å²) in [6, 6.07) is 1.97. The smallest absolute Gasteiger partial charge is 0.274 e. The van der Waals surface area contributed by atoms with Crippen molar-refractivity contribution in [3.63, 3.8) is 0 Å². The van der Waals surface area contributed by atoms with Crippen molar-refractivity contribution >= 4 is 40.1 Å². The van der Waals surface area contributed by atoms with Crippen LogP contribution >= 0.6 is 34.2 Å². The third kappa shape index (κ3) is 3.31. The Bertz CT molecular complexity index is 413. The molecule has 0 aliphatic rings. The highest BCUT2D eigenvalue weighted by Gasteiger charge is 2.25. The van der Waals surface area contributed by atoms with E-state index in [1.807, 2.05) is 27.7 Å². The van der Waals surface area contributed by atoms with Gasteiger partial charge in [0.15, 0.2) is 0 Å². The lowest BCUT2D eigenvalue weighted by molar-refractivity contribution is 0.0636. The van der Waals surface area contributed by atoms with E-state index in [0.29, 0.717) is 14.3 Å². The number of hydrogen-bond donors (Lipinski definition) is 0. The lowest BCUT2D eigenvalue weighted by Crippen LogP contribution is -2.42. The number of aromatic nitrogens is 1. The van der Waals surface area contributed by atoms with Gasteiger partial charge in [0, 0.05) is 18.3 Å². The van der Waals surface area contributed by atoms with Gasteiger partial charge < -0.3 is 4.90 Å². The summed E-state index contributed by atoms with van der Waals surface area (Å²) in [5.74, 6) is -0.0677. The summed E-state index contributed by atoms with van der Waals surface area (Å²) < 4.78 is 0.711. The molecule has 0 spiro atoms. The second kappa shape index (κ2) is 6.00. The van der Waals surface area contributed by atoms with Crippen LogP contribution in [0.4, 0.5) is 0 Å². The van der Waals surface area contributed by atoms with Crippen molar-refractivity contribution in [2.75, 3.05) is 0 Å². The number of hydrogen-bond acceptors (Lipinski definition) is 2. The zero-order valence-corrected chi connectivity index (χ0v) is 13.3. The summed E-state index contributed by atoms with van der Waals surface area (Å²) in [6.07, 6.45) is 1.57. The third-order valence-electron chi connectivity index (χ3n) is 2.39. The summed E-state index contributed by atoms with van der Waals surface area (Å²) in [5.41, 5.74) is 0.431. The van der Waals surface area contributed by atoms with E-state index in [9.17, 15) is 4.79 Å². The van der Waals surface area contributed by atoms with Crippen molar-refractivity contribution in [3.8, 4) is 0 Å². The molecule has 0 unspecified atom stereocenters. The first-order chi connectivity index (χ1) is 7.86. The van der Waals surface area contributed by atoms with Gasteiger partial charge in [0.05, 0.1) is 8.59 Å². The lowest BCUT2D eigenvalue weighted by Gasteiger charge is -2.30. The van der Waals surface area contributed by atoms with Crippen LogP contribution in [0.5, 0.6) is 0 Å². The topological polar surface area (TPSA) is 33.2 Å². The largest absolute Gasteiger partial charge is 0.332 e. The number of pyridine rings is 1. The van der Waals surface area contributed by atoms with Crippen LogP contribution in [0.25, 0.3) is 0 Å². The van der Waals surface area contributed by atoms with Crippen LogP contribution in [0.15, 0.2) is 12.3 Å². The molecule has 1 rings (SSSR count). The van der Waals surface area contributed by atoms with Crippen LogP contribution in [-0.2, 0) is 0 Å². The molecule has 17 heavy (non-hydrogen) atoms. The SMILES string of the molecule is CC(C)N(C(=O)c1nccc(Cl)c1I)C(C)C. The number of carbonyl (C=O) groups excluding carboxylic acids is 1. The predicted octanol–water partition coefficient (Wildman–Crippen LogP) is 3.60. The Balaban J connectivity index is 3.15. The molecule has 0 aromatic carbocycles. The van der Waals surface area contributed by atoms with E-state index in [2.05, 4.69) is 27.6 Å². The fourth-order valence-electron chi connectivity index (χ4n) is 1.76. The molecule has 0 radical (unpaired) electrons. The van der Waals surface area contributed by atoms with Crippen LogP contribution in [0.1, 0.15) is 38.2 Å². The van der Waals surface area contributed by atoms with Crippen LogP contribution in [0.2, 0.25) is 5.02 Å². The first kappa shape index (κ1) is 14.7. The Morgan fingerprint density at radius 3 is 2.35 bits per heavy atom. The molecule has 1 heterocycles. The quantitative estimate of drug-likeness (QED) is 0.766. The molecule has 1 aromatic heterocycles. The van der Waals surface area contributed by atoms with Crippen molar-refractivity contribution in [1.29, 1.82) is 0 Å².